The number of methoxy groups -OCH3 is 1. The zero-order valence-electron chi connectivity index (χ0n) is 15.4. The van der Waals surface area contributed by atoms with Crippen molar-refractivity contribution >= 4 is 17.5 Å². The lowest BCUT2D eigenvalue weighted by Gasteiger charge is -2.17. The Kier molecular flexibility index (Phi) is 5.26. The molecule has 2 amide bonds. The Morgan fingerprint density at radius 3 is 2.58 bits per heavy atom. The van der Waals surface area contributed by atoms with Crippen LogP contribution < -0.4 is 10.1 Å². The van der Waals surface area contributed by atoms with Crippen molar-refractivity contribution in [2.45, 2.75) is 26.8 Å². The van der Waals surface area contributed by atoms with Gasteiger partial charge in [0.25, 0.3) is 0 Å². The summed E-state index contributed by atoms with van der Waals surface area (Å²) in [6, 6.07) is 13.5. The van der Waals surface area contributed by atoms with Crippen LogP contribution in [0.4, 0.5) is 5.69 Å². The molecule has 2 aromatic carbocycles. The minimum absolute atomic E-state index is 0.0154. The first-order valence-electron chi connectivity index (χ1n) is 8.75. The van der Waals surface area contributed by atoms with Gasteiger partial charge in [0, 0.05) is 25.2 Å². The molecule has 3 rings (SSSR count). The Morgan fingerprint density at radius 1 is 1.19 bits per heavy atom. The maximum Gasteiger partial charge on any atom is 0.229 e. The van der Waals surface area contributed by atoms with Gasteiger partial charge >= 0.3 is 0 Å². The smallest absolute Gasteiger partial charge is 0.229 e. The van der Waals surface area contributed by atoms with Crippen molar-refractivity contribution in [1.29, 1.82) is 0 Å². The van der Waals surface area contributed by atoms with E-state index in [9.17, 15) is 9.59 Å². The van der Waals surface area contributed by atoms with Crippen LogP contribution in [0, 0.1) is 19.8 Å². The highest BCUT2D eigenvalue weighted by atomic mass is 16.5. The van der Waals surface area contributed by atoms with Crippen molar-refractivity contribution in [3.63, 3.8) is 0 Å². The number of ether oxygens (including phenoxy) is 1. The van der Waals surface area contributed by atoms with E-state index >= 15 is 0 Å². The highest BCUT2D eigenvalue weighted by molar-refractivity contribution is 5.97. The van der Waals surface area contributed by atoms with E-state index in [1.54, 1.807) is 12.0 Å². The average Bonchev–Trinajstić information content (AvgIpc) is 2.99. The van der Waals surface area contributed by atoms with Gasteiger partial charge in [-0.25, -0.2) is 0 Å². The van der Waals surface area contributed by atoms with E-state index in [2.05, 4.69) is 5.32 Å². The van der Waals surface area contributed by atoms with E-state index in [1.165, 1.54) is 0 Å². The second kappa shape index (κ2) is 7.60. The third-order valence-electron chi connectivity index (χ3n) is 4.76. The monoisotopic (exact) mass is 352 g/mol. The van der Waals surface area contributed by atoms with E-state index in [1.807, 2.05) is 56.3 Å². The van der Waals surface area contributed by atoms with Crippen LogP contribution in [0.25, 0.3) is 0 Å². The molecule has 26 heavy (non-hydrogen) atoms. The third-order valence-corrected chi connectivity index (χ3v) is 4.76. The summed E-state index contributed by atoms with van der Waals surface area (Å²) in [6.45, 7) is 4.95. The number of aryl methyl sites for hydroxylation is 2. The van der Waals surface area contributed by atoms with Gasteiger partial charge < -0.3 is 15.0 Å². The molecule has 0 aromatic heterocycles. The first kappa shape index (κ1) is 18.0. The normalized spacial score (nSPS) is 16.7. The molecule has 5 heteroatoms. The van der Waals surface area contributed by atoms with Crippen LogP contribution in [0.2, 0.25) is 0 Å². The summed E-state index contributed by atoms with van der Waals surface area (Å²) in [6.07, 6.45) is 0.257. The van der Waals surface area contributed by atoms with Crippen molar-refractivity contribution in [1.82, 2.24) is 4.90 Å². The number of nitrogens with zero attached hydrogens (tertiary/aromatic N) is 1. The zero-order valence-corrected chi connectivity index (χ0v) is 15.4. The first-order valence-corrected chi connectivity index (χ1v) is 8.75. The first-order chi connectivity index (χ1) is 12.5. The number of benzene rings is 2. The minimum Gasteiger partial charge on any atom is -0.497 e. The molecule has 1 aliphatic rings. The number of likely N-dealkylation sites (tertiary alicyclic amines) is 1. The highest BCUT2D eigenvalue weighted by Crippen LogP contribution is 2.24. The molecule has 1 heterocycles. The van der Waals surface area contributed by atoms with E-state index in [-0.39, 0.29) is 24.2 Å². The maximum atomic E-state index is 12.6. The second-order valence-corrected chi connectivity index (χ2v) is 6.83. The summed E-state index contributed by atoms with van der Waals surface area (Å²) in [5.41, 5.74) is 4.01. The lowest BCUT2D eigenvalue weighted by atomic mass is 10.1. The Bertz CT molecular complexity index is 815. The van der Waals surface area contributed by atoms with Crippen molar-refractivity contribution < 1.29 is 14.3 Å². The van der Waals surface area contributed by atoms with E-state index in [0.717, 1.165) is 28.1 Å². The summed E-state index contributed by atoms with van der Waals surface area (Å²) in [4.78, 5) is 26.6. The Labute approximate surface area is 154 Å². The SMILES string of the molecule is COc1ccc(CN2CC(C(=O)Nc3ccc(C)cc3C)CC2=O)cc1. The van der Waals surface area contributed by atoms with Gasteiger partial charge in [-0.2, -0.15) is 0 Å². The van der Waals surface area contributed by atoms with Crippen LogP contribution in [-0.2, 0) is 16.1 Å². The number of anilines is 1. The molecule has 0 saturated carbocycles. The molecular weight excluding hydrogens is 328 g/mol. The van der Waals surface area contributed by atoms with Crippen molar-refractivity contribution in [3.8, 4) is 5.75 Å². The van der Waals surface area contributed by atoms with E-state index in [4.69, 9.17) is 4.74 Å². The molecule has 1 aliphatic heterocycles. The number of carbonyl (C=O) groups excluding carboxylic acids is 2. The molecule has 1 fully saturated rings. The quantitative estimate of drug-likeness (QED) is 0.898. The highest BCUT2D eigenvalue weighted by Gasteiger charge is 2.34. The molecular formula is C21H24N2O3. The topological polar surface area (TPSA) is 58.6 Å². The van der Waals surface area contributed by atoms with Gasteiger partial charge in [-0.1, -0.05) is 29.8 Å². The average molecular weight is 352 g/mol. The van der Waals surface area contributed by atoms with Crippen molar-refractivity contribution in [3.05, 3.63) is 59.2 Å². The summed E-state index contributed by atoms with van der Waals surface area (Å²) >= 11 is 0. The van der Waals surface area contributed by atoms with Gasteiger partial charge in [-0.05, 0) is 43.2 Å². The molecule has 0 aliphatic carbocycles. The molecule has 0 spiro atoms. The Morgan fingerprint density at radius 2 is 1.92 bits per heavy atom. The summed E-state index contributed by atoms with van der Waals surface area (Å²) < 4.78 is 5.15. The Balaban J connectivity index is 1.61. The largest absolute Gasteiger partial charge is 0.497 e. The molecule has 1 unspecified atom stereocenters. The van der Waals surface area contributed by atoms with Crippen LogP contribution in [0.15, 0.2) is 42.5 Å². The van der Waals surface area contributed by atoms with Crippen LogP contribution in [0.1, 0.15) is 23.1 Å². The predicted octanol–water partition coefficient (Wildman–Crippen LogP) is 3.30. The second-order valence-electron chi connectivity index (χ2n) is 6.83. The third kappa shape index (κ3) is 4.04. The van der Waals surface area contributed by atoms with Gasteiger partial charge in [0.2, 0.25) is 11.8 Å². The molecule has 5 nitrogen and oxygen atoms in total. The fourth-order valence-electron chi connectivity index (χ4n) is 3.24. The summed E-state index contributed by atoms with van der Waals surface area (Å²) in [5, 5.41) is 2.97. The number of nitrogens with one attached hydrogen (secondary N) is 1. The molecule has 1 N–H and O–H groups in total. The van der Waals surface area contributed by atoms with E-state index < -0.39 is 0 Å². The lowest BCUT2D eigenvalue weighted by Crippen LogP contribution is -2.28. The van der Waals surface area contributed by atoms with Gasteiger partial charge in [-0.3, -0.25) is 9.59 Å². The number of amides is 2. The number of hydrogen-bond donors (Lipinski definition) is 1. The van der Waals surface area contributed by atoms with Crippen LogP contribution in [-0.4, -0.2) is 30.4 Å². The standard InChI is InChI=1S/C21H24N2O3/c1-14-4-9-19(15(2)10-14)22-21(25)17-11-20(24)23(13-17)12-16-5-7-18(26-3)8-6-16/h4-10,17H,11-13H2,1-3H3,(H,22,25). The van der Waals surface area contributed by atoms with Crippen LogP contribution in [0.3, 0.4) is 0 Å². The van der Waals surface area contributed by atoms with Gasteiger partial charge in [0.15, 0.2) is 0 Å². The molecule has 2 aromatic rings. The van der Waals surface area contributed by atoms with Crippen LogP contribution >= 0.6 is 0 Å². The maximum absolute atomic E-state index is 12.6. The number of hydrogen-bond acceptors (Lipinski definition) is 3. The Hall–Kier alpha value is -2.82. The van der Waals surface area contributed by atoms with Gasteiger partial charge in [0.1, 0.15) is 5.75 Å². The molecule has 1 atom stereocenters. The van der Waals surface area contributed by atoms with Crippen molar-refractivity contribution in [2.24, 2.45) is 5.92 Å². The minimum atomic E-state index is -0.318. The number of rotatable bonds is 5. The van der Waals surface area contributed by atoms with Gasteiger partial charge in [-0.15, -0.1) is 0 Å². The predicted molar refractivity (Wildman–Crippen MR) is 101 cm³/mol. The van der Waals surface area contributed by atoms with Crippen molar-refractivity contribution in [2.75, 3.05) is 19.0 Å². The van der Waals surface area contributed by atoms with Gasteiger partial charge in [0.05, 0.1) is 13.0 Å². The fraction of sp³-hybridized carbons (Fsp3) is 0.333. The summed E-state index contributed by atoms with van der Waals surface area (Å²) in [7, 11) is 1.62. The zero-order chi connectivity index (χ0) is 18.7. The lowest BCUT2D eigenvalue weighted by molar-refractivity contribution is -0.128. The van der Waals surface area contributed by atoms with E-state index in [0.29, 0.717) is 13.1 Å². The summed E-state index contributed by atoms with van der Waals surface area (Å²) in [5.74, 6) is 0.387. The fourth-order valence-corrected chi connectivity index (χ4v) is 3.24. The number of carbonyl (C=O) groups is 2. The van der Waals surface area contributed by atoms with Crippen LogP contribution in [0.5, 0.6) is 5.75 Å². The molecule has 0 radical (unpaired) electrons. The molecule has 136 valence electrons. The molecule has 0 bridgehead atoms. The molecule has 1 saturated heterocycles.